The Kier molecular flexibility index (Phi) is 6.10. The molecular formula is C20H22N4O3S. The zero-order valence-electron chi connectivity index (χ0n) is 15.7. The molecular weight excluding hydrogens is 376 g/mol. The lowest BCUT2D eigenvalue weighted by Crippen LogP contribution is -2.20. The highest BCUT2D eigenvalue weighted by Gasteiger charge is 2.13. The van der Waals surface area contributed by atoms with Crippen LogP contribution in [0.2, 0.25) is 0 Å². The highest BCUT2D eigenvalue weighted by atomic mass is 32.1. The number of amides is 2. The van der Waals surface area contributed by atoms with Gasteiger partial charge in [0.1, 0.15) is 11.4 Å². The van der Waals surface area contributed by atoms with Crippen LogP contribution in [-0.2, 0) is 4.79 Å². The van der Waals surface area contributed by atoms with E-state index in [0.29, 0.717) is 22.4 Å². The average Bonchev–Trinajstić information content (AvgIpc) is 3.35. The van der Waals surface area contributed by atoms with Gasteiger partial charge in [-0.3, -0.25) is 14.9 Å². The second kappa shape index (κ2) is 8.71. The second-order valence-electron chi connectivity index (χ2n) is 6.39. The molecule has 0 aliphatic heterocycles. The summed E-state index contributed by atoms with van der Waals surface area (Å²) in [6.07, 6.45) is 2.64. The second-order valence-corrected chi connectivity index (χ2v) is 7.25. The standard InChI is InChI=1S/C20H22N4O3S/c1-3-12(2)14-6-4-5-7-17(14)27-10-18(25)24-20-23-16(11-28-20)13-8-15(19(21)26)22-9-13/h4-9,11-12,22H,3,10H2,1-2H3,(H2,21,26)(H,23,24,25)/t12-/m1/s1. The molecule has 0 aliphatic carbocycles. The lowest BCUT2D eigenvalue weighted by Gasteiger charge is -2.15. The Morgan fingerprint density at radius 1 is 1.36 bits per heavy atom. The molecule has 1 atom stereocenters. The Balaban J connectivity index is 1.60. The summed E-state index contributed by atoms with van der Waals surface area (Å²) < 4.78 is 5.72. The van der Waals surface area contributed by atoms with E-state index in [4.69, 9.17) is 10.5 Å². The largest absolute Gasteiger partial charge is 0.483 e. The predicted octanol–water partition coefficient (Wildman–Crippen LogP) is 3.77. The highest BCUT2D eigenvalue weighted by Crippen LogP contribution is 2.29. The van der Waals surface area contributed by atoms with Crippen molar-refractivity contribution in [1.29, 1.82) is 0 Å². The van der Waals surface area contributed by atoms with Crippen LogP contribution in [0.25, 0.3) is 11.3 Å². The van der Waals surface area contributed by atoms with Crippen LogP contribution < -0.4 is 15.8 Å². The molecule has 3 rings (SSSR count). The number of rotatable bonds is 8. The summed E-state index contributed by atoms with van der Waals surface area (Å²) in [5.74, 6) is 0.252. The Hall–Kier alpha value is -3.13. The molecule has 0 unspecified atom stereocenters. The fourth-order valence-corrected chi connectivity index (χ4v) is 3.42. The number of thiazole rings is 1. The molecule has 2 aromatic heterocycles. The van der Waals surface area contributed by atoms with Crippen LogP contribution in [0.1, 0.15) is 42.2 Å². The molecule has 0 saturated carbocycles. The van der Waals surface area contributed by atoms with Crippen LogP contribution in [0.4, 0.5) is 5.13 Å². The summed E-state index contributed by atoms with van der Waals surface area (Å²) in [5, 5.41) is 4.99. The molecule has 0 fully saturated rings. The molecule has 7 nitrogen and oxygen atoms in total. The van der Waals surface area contributed by atoms with Crippen molar-refractivity contribution in [1.82, 2.24) is 9.97 Å². The van der Waals surface area contributed by atoms with Gasteiger partial charge in [0.15, 0.2) is 11.7 Å². The van der Waals surface area contributed by atoms with Crippen molar-refractivity contribution in [3.05, 3.63) is 53.2 Å². The highest BCUT2D eigenvalue weighted by molar-refractivity contribution is 7.14. The number of nitrogens with one attached hydrogen (secondary N) is 2. The lowest BCUT2D eigenvalue weighted by molar-refractivity contribution is -0.118. The number of carbonyl (C=O) groups is 2. The van der Waals surface area contributed by atoms with Crippen molar-refractivity contribution in [2.24, 2.45) is 5.73 Å². The molecule has 4 N–H and O–H groups in total. The molecule has 1 aromatic carbocycles. The molecule has 0 saturated heterocycles. The minimum absolute atomic E-state index is 0.0989. The van der Waals surface area contributed by atoms with Crippen LogP contribution in [0.5, 0.6) is 5.75 Å². The average molecular weight is 398 g/mol. The molecule has 146 valence electrons. The minimum atomic E-state index is -0.537. The number of ether oxygens (including phenoxy) is 1. The van der Waals surface area contributed by atoms with Gasteiger partial charge in [0.2, 0.25) is 0 Å². The van der Waals surface area contributed by atoms with Gasteiger partial charge in [-0.05, 0) is 30.0 Å². The third kappa shape index (κ3) is 4.58. The zero-order chi connectivity index (χ0) is 20.1. The number of hydrogen-bond donors (Lipinski definition) is 3. The van der Waals surface area contributed by atoms with Gasteiger partial charge in [-0.2, -0.15) is 0 Å². The summed E-state index contributed by atoms with van der Waals surface area (Å²) in [4.78, 5) is 30.6. The Labute approximate surface area is 166 Å². The van der Waals surface area contributed by atoms with E-state index in [9.17, 15) is 9.59 Å². The van der Waals surface area contributed by atoms with E-state index in [2.05, 4.69) is 29.1 Å². The van der Waals surface area contributed by atoms with Crippen LogP contribution in [0.15, 0.2) is 41.9 Å². The third-order valence-corrected chi connectivity index (χ3v) is 5.17. The molecule has 2 heterocycles. The molecule has 8 heteroatoms. The number of nitrogens with zero attached hydrogens (tertiary/aromatic N) is 1. The maximum Gasteiger partial charge on any atom is 0.265 e. The third-order valence-electron chi connectivity index (χ3n) is 4.42. The summed E-state index contributed by atoms with van der Waals surface area (Å²) >= 11 is 1.30. The summed E-state index contributed by atoms with van der Waals surface area (Å²) in [6.45, 7) is 4.15. The minimum Gasteiger partial charge on any atom is -0.483 e. The van der Waals surface area contributed by atoms with E-state index in [0.717, 1.165) is 23.3 Å². The number of anilines is 1. The first-order valence-corrected chi connectivity index (χ1v) is 9.81. The van der Waals surface area contributed by atoms with Crippen LogP contribution in [0.3, 0.4) is 0 Å². The number of aromatic amines is 1. The molecule has 0 aliphatic rings. The van der Waals surface area contributed by atoms with Crippen LogP contribution in [-0.4, -0.2) is 28.4 Å². The molecule has 28 heavy (non-hydrogen) atoms. The van der Waals surface area contributed by atoms with Gasteiger partial charge in [-0.15, -0.1) is 11.3 Å². The number of para-hydroxylation sites is 1. The molecule has 3 aromatic rings. The first kappa shape index (κ1) is 19.6. The van der Waals surface area contributed by atoms with E-state index in [-0.39, 0.29) is 12.5 Å². The number of benzene rings is 1. The van der Waals surface area contributed by atoms with E-state index in [1.54, 1.807) is 17.6 Å². The Morgan fingerprint density at radius 2 is 2.14 bits per heavy atom. The van der Waals surface area contributed by atoms with Gasteiger partial charge in [0.25, 0.3) is 11.8 Å². The van der Waals surface area contributed by atoms with Gasteiger partial charge in [0.05, 0.1) is 5.69 Å². The number of carbonyl (C=O) groups excluding carboxylic acids is 2. The van der Waals surface area contributed by atoms with Crippen molar-refractivity contribution in [2.45, 2.75) is 26.2 Å². The van der Waals surface area contributed by atoms with E-state index in [1.807, 2.05) is 24.3 Å². The maximum absolute atomic E-state index is 12.2. The molecule has 0 bridgehead atoms. The molecule has 0 radical (unpaired) electrons. The van der Waals surface area contributed by atoms with E-state index in [1.165, 1.54) is 11.3 Å². The van der Waals surface area contributed by atoms with Crippen molar-refractivity contribution in [3.8, 4) is 17.0 Å². The lowest BCUT2D eigenvalue weighted by atomic mass is 9.98. The van der Waals surface area contributed by atoms with E-state index < -0.39 is 5.91 Å². The van der Waals surface area contributed by atoms with Gasteiger partial charge < -0.3 is 15.5 Å². The monoisotopic (exact) mass is 398 g/mol. The first-order chi connectivity index (χ1) is 13.5. The van der Waals surface area contributed by atoms with Gasteiger partial charge in [-0.1, -0.05) is 32.0 Å². The molecule has 2 amide bonds. The van der Waals surface area contributed by atoms with Gasteiger partial charge in [-0.25, -0.2) is 4.98 Å². The number of aromatic nitrogens is 2. The maximum atomic E-state index is 12.2. The number of primary amides is 1. The first-order valence-electron chi connectivity index (χ1n) is 8.93. The number of nitrogens with two attached hydrogens (primary N) is 1. The van der Waals surface area contributed by atoms with Gasteiger partial charge in [0, 0.05) is 17.1 Å². The summed E-state index contributed by atoms with van der Waals surface area (Å²) in [5.41, 5.74) is 8.01. The predicted molar refractivity (Wildman–Crippen MR) is 110 cm³/mol. The van der Waals surface area contributed by atoms with Crippen molar-refractivity contribution >= 4 is 28.3 Å². The van der Waals surface area contributed by atoms with Crippen molar-refractivity contribution in [3.63, 3.8) is 0 Å². The molecule has 0 spiro atoms. The van der Waals surface area contributed by atoms with Crippen LogP contribution >= 0.6 is 11.3 Å². The SMILES string of the molecule is CC[C@@H](C)c1ccccc1OCC(=O)Nc1nc(-c2c[nH]c(C(N)=O)c2)cs1. The Bertz CT molecular complexity index is 979. The van der Waals surface area contributed by atoms with Crippen molar-refractivity contribution in [2.75, 3.05) is 11.9 Å². The summed E-state index contributed by atoms with van der Waals surface area (Å²) in [6, 6.07) is 9.38. The fraction of sp³-hybridized carbons (Fsp3) is 0.250. The Morgan fingerprint density at radius 3 is 2.86 bits per heavy atom. The van der Waals surface area contributed by atoms with Crippen LogP contribution in [0, 0.1) is 0 Å². The number of H-pyrrole nitrogens is 1. The van der Waals surface area contributed by atoms with E-state index >= 15 is 0 Å². The smallest absolute Gasteiger partial charge is 0.265 e. The zero-order valence-corrected chi connectivity index (χ0v) is 16.5. The normalized spacial score (nSPS) is 11.8. The fourth-order valence-electron chi connectivity index (χ4n) is 2.69. The quantitative estimate of drug-likeness (QED) is 0.536. The summed E-state index contributed by atoms with van der Waals surface area (Å²) in [7, 11) is 0. The van der Waals surface area contributed by atoms with Gasteiger partial charge >= 0.3 is 0 Å². The number of hydrogen-bond acceptors (Lipinski definition) is 5. The topological polar surface area (TPSA) is 110 Å². The van der Waals surface area contributed by atoms with Crippen molar-refractivity contribution < 1.29 is 14.3 Å².